The van der Waals surface area contributed by atoms with Crippen LogP contribution >= 0.6 is 0 Å². The molecule has 1 fully saturated rings. The summed E-state index contributed by atoms with van der Waals surface area (Å²) in [5, 5.41) is 20.6. The molecule has 6 nitrogen and oxygen atoms in total. The number of hydrogen-bond acceptors (Lipinski definition) is 6. The number of hydrogen-bond donors (Lipinski definition) is 2. The van der Waals surface area contributed by atoms with Crippen LogP contribution in [-0.2, 0) is 19.1 Å². The Hall–Kier alpha value is -1.23. The molecule has 0 saturated heterocycles. The summed E-state index contributed by atoms with van der Waals surface area (Å²) in [5.74, 6) is -3.04. The molecule has 0 heterocycles. The van der Waals surface area contributed by atoms with E-state index in [2.05, 4.69) is 0 Å². The molecule has 120 valence electrons. The SMILES string of the molecule is C1CCCCC1.O=C([O-])c1ccccc1C(=O)[O-].[NH2][Pt+2][NH2]. The molecule has 2 rings (SSSR count). The van der Waals surface area contributed by atoms with Crippen LogP contribution in [0, 0.1) is 0 Å². The molecule has 0 aliphatic heterocycles. The second kappa shape index (κ2) is 12.5. The molecule has 4 N–H and O–H groups in total. The van der Waals surface area contributed by atoms with Gasteiger partial charge in [0.1, 0.15) is 0 Å². The zero-order valence-electron chi connectivity index (χ0n) is 11.7. The maximum atomic E-state index is 10.3. The fraction of sp³-hybridized carbons (Fsp3) is 0.429. The minimum absolute atomic E-state index is 0.363. The van der Waals surface area contributed by atoms with Gasteiger partial charge >= 0.3 is 27.6 Å². The number of aromatic carboxylic acids is 2. The third-order valence-corrected chi connectivity index (χ3v) is 2.87. The number of nitrogens with two attached hydrogens (primary N) is 2. The first-order valence-corrected chi connectivity index (χ1v) is 9.13. The Bertz CT molecular complexity index is 392. The molecule has 0 aromatic heterocycles. The van der Waals surface area contributed by atoms with Gasteiger partial charge < -0.3 is 19.8 Å². The third kappa shape index (κ3) is 9.34. The number of benzene rings is 1. The second-order valence-corrected chi connectivity index (χ2v) is 5.10. The average Bonchev–Trinajstić information content (AvgIpc) is 2.50. The van der Waals surface area contributed by atoms with E-state index in [4.69, 9.17) is 8.58 Å². The Labute approximate surface area is 133 Å². The molecule has 7 heteroatoms. The molecule has 0 radical (unpaired) electrons. The van der Waals surface area contributed by atoms with Gasteiger partial charge in [0.05, 0.1) is 11.9 Å². The summed E-state index contributed by atoms with van der Waals surface area (Å²) in [6, 6.07) is 5.14. The second-order valence-electron chi connectivity index (χ2n) is 4.35. The monoisotopic (exact) mass is 475 g/mol. The molecule has 0 unspecified atom stereocenters. The Balaban J connectivity index is 0.000000369. The molecule has 21 heavy (non-hydrogen) atoms. The van der Waals surface area contributed by atoms with Crippen molar-refractivity contribution in [2.45, 2.75) is 38.5 Å². The molecule has 0 spiro atoms. The molecule has 0 bridgehead atoms. The van der Waals surface area contributed by atoms with E-state index in [1.54, 1.807) is 0 Å². The summed E-state index contributed by atoms with van der Waals surface area (Å²) in [4.78, 5) is 20.6. The van der Waals surface area contributed by atoms with E-state index in [1.165, 1.54) is 50.7 Å². The topological polar surface area (TPSA) is 132 Å². The van der Waals surface area contributed by atoms with Gasteiger partial charge in [-0.05, 0) is 0 Å². The third-order valence-electron chi connectivity index (χ3n) is 2.87. The fourth-order valence-corrected chi connectivity index (χ4v) is 1.90. The van der Waals surface area contributed by atoms with E-state index in [-0.39, 0.29) is 11.1 Å². The first kappa shape index (κ1) is 19.8. The van der Waals surface area contributed by atoms with Crippen molar-refractivity contribution < 1.29 is 38.9 Å². The van der Waals surface area contributed by atoms with Gasteiger partial charge in [0, 0.05) is 11.1 Å². The van der Waals surface area contributed by atoms with E-state index in [1.807, 2.05) is 0 Å². The summed E-state index contributed by atoms with van der Waals surface area (Å²) in [6.07, 6.45) is 9.00. The predicted molar refractivity (Wildman–Crippen MR) is 71.2 cm³/mol. The van der Waals surface area contributed by atoms with Crippen LogP contribution in [0.4, 0.5) is 0 Å². The number of carbonyl (C=O) groups is 2. The van der Waals surface area contributed by atoms with Crippen LogP contribution in [0.3, 0.4) is 0 Å². The summed E-state index contributed by atoms with van der Waals surface area (Å²) >= 11 is -0.417. The van der Waals surface area contributed by atoms with Crippen LogP contribution in [0.2, 0.25) is 0 Å². The zero-order chi connectivity index (χ0) is 16.1. The van der Waals surface area contributed by atoms with Gasteiger partial charge in [-0.3, -0.25) is 0 Å². The van der Waals surface area contributed by atoms with Crippen molar-refractivity contribution in [3.05, 3.63) is 35.4 Å². The average molecular weight is 475 g/mol. The molecule has 0 amide bonds. The predicted octanol–water partition coefficient (Wildman–Crippen LogP) is -0.429. The van der Waals surface area contributed by atoms with Gasteiger partial charge in [-0.1, -0.05) is 62.8 Å². The Morgan fingerprint density at radius 2 is 1.05 bits per heavy atom. The summed E-state index contributed by atoms with van der Waals surface area (Å²) in [5.41, 5.74) is -0.727. The molecular formula is C14H20N2O4Pt. The molecule has 1 saturated carbocycles. The van der Waals surface area contributed by atoms with Crippen LogP contribution in [-0.4, -0.2) is 11.9 Å². The van der Waals surface area contributed by atoms with Crippen LogP contribution in [0.1, 0.15) is 59.2 Å². The van der Waals surface area contributed by atoms with Gasteiger partial charge in [-0.2, -0.15) is 0 Å². The number of carbonyl (C=O) groups excluding carboxylic acids is 2. The summed E-state index contributed by atoms with van der Waals surface area (Å²) in [6.45, 7) is 0. The van der Waals surface area contributed by atoms with Crippen LogP contribution in [0.5, 0.6) is 0 Å². The Morgan fingerprint density at radius 3 is 1.24 bits per heavy atom. The van der Waals surface area contributed by atoms with E-state index >= 15 is 0 Å². The molecule has 1 aromatic carbocycles. The van der Waals surface area contributed by atoms with Crippen molar-refractivity contribution >= 4 is 11.9 Å². The van der Waals surface area contributed by atoms with Gasteiger partial charge in [-0.25, -0.2) is 0 Å². The van der Waals surface area contributed by atoms with Crippen LogP contribution in [0.25, 0.3) is 0 Å². The molecular weight excluding hydrogens is 455 g/mol. The quantitative estimate of drug-likeness (QED) is 0.597. The summed E-state index contributed by atoms with van der Waals surface area (Å²) < 4.78 is 9.47. The van der Waals surface area contributed by atoms with Gasteiger partial charge in [-0.15, -0.1) is 0 Å². The molecule has 1 aliphatic rings. The van der Waals surface area contributed by atoms with E-state index in [0.29, 0.717) is 0 Å². The molecule has 0 atom stereocenters. The Morgan fingerprint density at radius 1 is 0.810 bits per heavy atom. The van der Waals surface area contributed by atoms with Crippen molar-refractivity contribution in [2.75, 3.05) is 0 Å². The molecule has 1 aromatic rings. The van der Waals surface area contributed by atoms with Crippen molar-refractivity contribution in [2.24, 2.45) is 8.58 Å². The van der Waals surface area contributed by atoms with Crippen molar-refractivity contribution in [3.63, 3.8) is 0 Å². The first-order valence-electron chi connectivity index (χ1n) is 6.51. The van der Waals surface area contributed by atoms with Crippen molar-refractivity contribution in [1.29, 1.82) is 0 Å². The normalized spacial score (nSPS) is 13.2. The number of carboxylic acid groups (broad SMARTS) is 2. The van der Waals surface area contributed by atoms with E-state index in [0.717, 1.165) is 12.1 Å². The van der Waals surface area contributed by atoms with Crippen molar-refractivity contribution in [3.8, 4) is 0 Å². The molecule has 1 aliphatic carbocycles. The van der Waals surface area contributed by atoms with Gasteiger partial charge in [0.2, 0.25) is 0 Å². The van der Waals surface area contributed by atoms with Crippen LogP contribution < -0.4 is 18.8 Å². The Kier molecular flexibility index (Phi) is 11.8. The van der Waals surface area contributed by atoms with Gasteiger partial charge in [0.25, 0.3) is 0 Å². The standard InChI is InChI=1S/C8H6O4.C6H12.2H2N.Pt/c9-7(10)5-3-1-2-4-6(5)8(11)12;1-2-4-6-5-3-1;;;/h1-4H,(H,9,10)(H,11,12);1-6H2;2*1H2;/q;;2*-1;+4/p-2. The zero-order valence-corrected chi connectivity index (χ0v) is 13.9. The first-order chi connectivity index (χ1) is 10.0. The number of carboxylic acids is 2. The van der Waals surface area contributed by atoms with Gasteiger partial charge in [0.15, 0.2) is 0 Å². The van der Waals surface area contributed by atoms with Crippen LogP contribution in [0.15, 0.2) is 24.3 Å². The number of rotatable bonds is 2. The van der Waals surface area contributed by atoms with Crippen molar-refractivity contribution in [1.82, 2.24) is 0 Å². The van der Waals surface area contributed by atoms with E-state index in [9.17, 15) is 19.8 Å². The van der Waals surface area contributed by atoms with E-state index < -0.39 is 31.0 Å². The fourth-order valence-electron chi connectivity index (χ4n) is 1.90. The maximum absolute atomic E-state index is 10.3. The minimum atomic E-state index is -1.52. The summed E-state index contributed by atoms with van der Waals surface area (Å²) in [7, 11) is 0.